The Morgan fingerprint density at radius 2 is 1.97 bits per heavy atom. The van der Waals surface area contributed by atoms with Crippen LogP contribution in [-0.4, -0.2) is 79.2 Å². The standard InChI is InChI=1S/C12H21N5O11P2/c1-2-16-4-17(9-6(16)10(20)15-12(13)14-9)11-8(19)7(18)5(27-11)3-26-30(24,25)28-29(21,22)23/h5,7-8,11,18-19H,2-4H2,1H3,(H,24,25)(H2,21,22,23)(H3,13,14,15,20)/t5-,7-,8-,11-/m1/s1. The molecule has 2 aliphatic rings. The summed E-state index contributed by atoms with van der Waals surface area (Å²) in [5, 5.41) is 20.6. The van der Waals surface area contributed by atoms with Crippen LogP contribution in [0.25, 0.3) is 0 Å². The molecule has 1 fully saturated rings. The topological polar surface area (TPSA) is 241 Å². The van der Waals surface area contributed by atoms with Crippen molar-refractivity contribution in [1.82, 2.24) is 9.97 Å². The first kappa shape index (κ1) is 23.1. The van der Waals surface area contributed by atoms with Gasteiger partial charge in [-0.25, -0.2) is 9.13 Å². The van der Waals surface area contributed by atoms with E-state index in [1.807, 2.05) is 0 Å². The number of nitrogens with two attached hydrogens (primary N) is 1. The Morgan fingerprint density at radius 3 is 2.57 bits per heavy atom. The van der Waals surface area contributed by atoms with Gasteiger partial charge in [0.15, 0.2) is 12.0 Å². The van der Waals surface area contributed by atoms with Crippen molar-refractivity contribution in [3.63, 3.8) is 0 Å². The number of nitrogen functional groups attached to an aromatic ring is 1. The van der Waals surface area contributed by atoms with E-state index in [0.717, 1.165) is 0 Å². The van der Waals surface area contributed by atoms with Gasteiger partial charge in [0.25, 0.3) is 5.56 Å². The summed E-state index contributed by atoms with van der Waals surface area (Å²) in [5.74, 6) is -0.0704. The van der Waals surface area contributed by atoms with Crippen LogP contribution >= 0.6 is 15.6 Å². The number of nitrogens with one attached hydrogen (secondary N) is 1. The molecule has 0 aliphatic carbocycles. The van der Waals surface area contributed by atoms with E-state index in [0.29, 0.717) is 6.54 Å². The average Bonchev–Trinajstić information content (AvgIpc) is 3.10. The quantitative estimate of drug-likeness (QED) is 0.205. The molecule has 8 N–H and O–H groups in total. The normalized spacial score (nSPS) is 28.6. The molecular weight excluding hydrogens is 452 g/mol. The van der Waals surface area contributed by atoms with Crippen LogP contribution in [-0.2, 0) is 22.7 Å². The number of anilines is 3. The van der Waals surface area contributed by atoms with E-state index in [2.05, 4.69) is 18.8 Å². The van der Waals surface area contributed by atoms with Crippen LogP contribution in [0.4, 0.5) is 17.5 Å². The van der Waals surface area contributed by atoms with Crippen LogP contribution in [0.15, 0.2) is 4.79 Å². The Balaban J connectivity index is 1.78. The molecule has 0 aromatic carbocycles. The smallest absolute Gasteiger partial charge is 0.387 e. The minimum atomic E-state index is -5.32. The molecule has 1 aromatic rings. The summed E-state index contributed by atoms with van der Waals surface area (Å²) in [7, 11) is -10.5. The van der Waals surface area contributed by atoms with E-state index in [4.69, 9.17) is 20.3 Å². The fraction of sp³-hybridized carbons (Fsp3) is 0.667. The lowest BCUT2D eigenvalue weighted by Gasteiger charge is -2.28. The minimum Gasteiger partial charge on any atom is -0.387 e. The van der Waals surface area contributed by atoms with Crippen molar-refractivity contribution in [3.8, 4) is 0 Å². The first-order valence-corrected chi connectivity index (χ1v) is 11.5. The number of fused-ring (bicyclic) bond motifs is 1. The van der Waals surface area contributed by atoms with Gasteiger partial charge in [-0.15, -0.1) is 0 Å². The van der Waals surface area contributed by atoms with Crippen LogP contribution in [0, 0.1) is 0 Å². The van der Waals surface area contributed by atoms with Gasteiger partial charge in [-0.1, -0.05) is 0 Å². The van der Waals surface area contributed by atoms with Crippen molar-refractivity contribution in [2.45, 2.75) is 31.5 Å². The second-order valence-electron chi connectivity index (χ2n) is 6.47. The Hall–Kier alpha value is -1.58. The molecule has 2 aliphatic heterocycles. The molecule has 0 radical (unpaired) electrons. The van der Waals surface area contributed by atoms with Gasteiger partial charge in [-0.2, -0.15) is 9.29 Å². The molecule has 170 valence electrons. The maximum atomic E-state index is 12.2. The van der Waals surface area contributed by atoms with Gasteiger partial charge in [-0.3, -0.25) is 14.3 Å². The summed E-state index contributed by atoms with van der Waals surface area (Å²) in [6.07, 6.45) is -5.77. The molecular formula is C12H21N5O11P2. The summed E-state index contributed by atoms with van der Waals surface area (Å²) in [6.45, 7) is 1.41. The van der Waals surface area contributed by atoms with Gasteiger partial charge in [0.1, 0.15) is 24.0 Å². The molecule has 5 atom stereocenters. The fourth-order valence-corrected chi connectivity index (χ4v) is 4.79. The third-order valence-corrected chi connectivity index (χ3v) is 6.60. The first-order valence-electron chi connectivity index (χ1n) is 8.50. The van der Waals surface area contributed by atoms with Crippen molar-refractivity contribution >= 4 is 33.1 Å². The second-order valence-corrected chi connectivity index (χ2v) is 9.30. The number of rotatable bonds is 7. The number of ether oxygens (including phenoxy) is 1. The van der Waals surface area contributed by atoms with Gasteiger partial charge < -0.3 is 45.2 Å². The minimum absolute atomic E-state index is 0.0627. The summed E-state index contributed by atoms with van der Waals surface area (Å²) < 4.78 is 35.9. The SMILES string of the molecule is CCN1CN([C@@H]2O[C@H](COP(=O)(O)OP(=O)(O)O)[C@@H](O)[C@H]2O)c2nc(N)[nH]c(=O)c21. The van der Waals surface area contributed by atoms with E-state index in [1.165, 1.54) is 4.90 Å². The number of hydrogen-bond acceptors (Lipinski definition) is 12. The number of hydrogen-bond donors (Lipinski definition) is 7. The highest BCUT2D eigenvalue weighted by molar-refractivity contribution is 7.60. The zero-order valence-electron chi connectivity index (χ0n) is 15.4. The fourth-order valence-electron chi connectivity index (χ4n) is 3.19. The number of aliphatic hydroxyl groups is 2. The summed E-state index contributed by atoms with van der Waals surface area (Å²) in [5.41, 5.74) is 5.27. The van der Waals surface area contributed by atoms with Gasteiger partial charge in [0.2, 0.25) is 5.95 Å². The van der Waals surface area contributed by atoms with Crippen LogP contribution < -0.4 is 21.1 Å². The van der Waals surface area contributed by atoms with Crippen molar-refractivity contribution in [2.24, 2.45) is 0 Å². The zero-order chi connectivity index (χ0) is 22.4. The highest BCUT2D eigenvalue weighted by Gasteiger charge is 2.49. The zero-order valence-corrected chi connectivity index (χ0v) is 17.2. The van der Waals surface area contributed by atoms with Crippen molar-refractivity contribution in [3.05, 3.63) is 10.4 Å². The van der Waals surface area contributed by atoms with Crippen LogP contribution in [0.1, 0.15) is 6.92 Å². The molecule has 1 saturated heterocycles. The molecule has 3 rings (SSSR count). The van der Waals surface area contributed by atoms with Gasteiger partial charge in [0.05, 0.1) is 13.3 Å². The Morgan fingerprint density at radius 1 is 1.30 bits per heavy atom. The first-order chi connectivity index (χ1) is 13.8. The lowest BCUT2D eigenvalue weighted by atomic mass is 10.1. The lowest BCUT2D eigenvalue weighted by molar-refractivity contribution is -0.0217. The van der Waals surface area contributed by atoms with Crippen LogP contribution in [0.2, 0.25) is 0 Å². The second kappa shape index (κ2) is 8.16. The van der Waals surface area contributed by atoms with Crippen LogP contribution in [0.3, 0.4) is 0 Å². The maximum absolute atomic E-state index is 12.2. The van der Waals surface area contributed by atoms with Crippen LogP contribution in [0.5, 0.6) is 0 Å². The largest absolute Gasteiger partial charge is 0.481 e. The van der Waals surface area contributed by atoms with Gasteiger partial charge >= 0.3 is 15.6 Å². The number of aromatic nitrogens is 2. The number of H-pyrrole nitrogens is 1. The molecule has 3 heterocycles. The number of phosphoric acid groups is 2. The molecule has 0 bridgehead atoms. The molecule has 0 spiro atoms. The number of phosphoric ester groups is 1. The summed E-state index contributed by atoms with van der Waals surface area (Å²) >= 11 is 0. The van der Waals surface area contributed by atoms with Crippen molar-refractivity contribution in [2.75, 3.05) is 35.4 Å². The van der Waals surface area contributed by atoms with E-state index in [-0.39, 0.29) is 24.1 Å². The van der Waals surface area contributed by atoms with Gasteiger partial charge in [-0.05, 0) is 6.92 Å². The van der Waals surface area contributed by atoms with Crippen molar-refractivity contribution < 1.29 is 47.6 Å². The summed E-state index contributed by atoms with van der Waals surface area (Å²) in [4.78, 5) is 48.2. The average molecular weight is 473 g/mol. The monoisotopic (exact) mass is 473 g/mol. The lowest BCUT2D eigenvalue weighted by Crippen LogP contribution is -2.46. The van der Waals surface area contributed by atoms with E-state index < -0.39 is 52.4 Å². The molecule has 1 aromatic heterocycles. The molecule has 1 unspecified atom stereocenters. The molecule has 30 heavy (non-hydrogen) atoms. The Kier molecular flexibility index (Phi) is 6.28. The van der Waals surface area contributed by atoms with E-state index >= 15 is 0 Å². The highest BCUT2D eigenvalue weighted by Crippen LogP contribution is 2.57. The van der Waals surface area contributed by atoms with Crippen molar-refractivity contribution in [1.29, 1.82) is 0 Å². The summed E-state index contributed by atoms with van der Waals surface area (Å²) in [6, 6.07) is 0. The third-order valence-electron chi connectivity index (χ3n) is 4.44. The predicted molar refractivity (Wildman–Crippen MR) is 99.2 cm³/mol. The highest BCUT2D eigenvalue weighted by atomic mass is 31.3. The van der Waals surface area contributed by atoms with E-state index in [1.54, 1.807) is 11.8 Å². The van der Waals surface area contributed by atoms with E-state index in [9.17, 15) is 29.0 Å². The molecule has 0 saturated carbocycles. The number of aliphatic hydroxyl groups excluding tert-OH is 2. The Bertz CT molecular complexity index is 953. The number of aromatic amines is 1. The molecule has 18 heteroatoms. The molecule has 0 amide bonds. The Labute approximate surface area is 168 Å². The van der Waals surface area contributed by atoms with Gasteiger partial charge in [0, 0.05) is 6.54 Å². The third kappa shape index (κ3) is 4.68. The molecule has 16 nitrogen and oxygen atoms in total. The maximum Gasteiger partial charge on any atom is 0.481 e. The number of nitrogens with zero attached hydrogens (tertiary/aromatic N) is 3. The predicted octanol–water partition coefficient (Wildman–Crippen LogP) is -2.37.